The summed E-state index contributed by atoms with van der Waals surface area (Å²) in [5.41, 5.74) is 0.0427. The molecular weight excluding hydrogens is 328 g/mol. The van der Waals surface area contributed by atoms with Gasteiger partial charge in [-0.05, 0) is 81.5 Å². The number of rotatable bonds is 0. The normalized spacial score (nSPS) is 57.9. The zero-order valence-electron chi connectivity index (χ0n) is 16.7. The summed E-state index contributed by atoms with van der Waals surface area (Å²) in [7, 11) is 0. The first-order chi connectivity index (χ1) is 12.2. The van der Waals surface area contributed by atoms with Crippen molar-refractivity contribution in [1.82, 2.24) is 0 Å². The molecule has 0 spiro atoms. The number of aliphatic hydroxyl groups is 1. The number of carbonyl (C=O) groups is 1. The largest absolute Gasteiger partial charge is 0.393 e. The van der Waals surface area contributed by atoms with Crippen LogP contribution in [0.25, 0.3) is 0 Å². The molecular formula is C22H34O4. The van der Waals surface area contributed by atoms with E-state index in [1.54, 1.807) is 0 Å². The number of hydrogen-bond donors (Lipinski definition) is 1. The molecule has 9 atom stereocenters. The number of aliphatic hydroxyl groups excluding tert-OH is 1. The Morgan fingerprint density at radius 1 is 0.923 bits per heavy atom. The van der Waals surface area contributed by atoms with Crippen LogP contribution in [0.3, 0.4) is 0 Å². The summed E-state index contributed by atoms with van der Waals surface area (Å²) >= 11 is 0. The van der Waals surface area contributed by atoms with Crippen LogP contribution in [0.4, 0.5) is 0 Å². The van der Waals surface area contributed by atoms with Crippen molar-refractivity contribution in [3.05, 3.63) is 0 Å². The first kappa shape index (κ1) is 17.6. The minimum atomic E-state index is -0.565. The standard InChI is InChI=1S/C22H34O4/c1-20(2)25-18-15-11-12(23)7-9-21(15,3)14-8-10-22(4)13(5-6-16(22)24)17(14)19(18)26-20/h12-15,17-19,23H,5-11H2,1-4H3/t12-,13-,14-,15?,17?,18+,19+,21+,22-/m0/s1. The number of hydrogen-bond acceptors (Lipinski definition) is 4. The van der Waals surface area contributed by atoms with E-state index in [1.807, 2.05) is 13.8 Å². The van der Waals surface area contributed by atoms with E-state index < -0.39 is 5.79 Å². The van der Waals surface area contributed by atoms with Crippen LogP contribution in [0.2, 0.25) is 0 Å². The lowest BCUT2D eigenvalue weighted by Crippen LogP contribution is -2.63. The molecule has 0 aromatic rings. The number of carbonyl (C=O) groups excluding carboxylic acids is 1. The molecule has 1 heterocycles. The summed E-state index contributed by atoms with van der Waals surface area (Å²) < 4.78 is 13.0. The van der Waals surface area contributed by atoms with Crippen molar-refractivity contribution in [2.24, 2.45) is 34.5 Å². The number of ether oxygens (including phenoxy) is 2. The lowest BCUT2D eigenvalue weighted by molar-refractivity contribution is -0.186. The predicted octanol–water partition coefficient (Wildman–Crippen LogP) is 3.70. The average Bonchev–Trinajstić information content (AvgIpc) is 3.05. The third kappa shape index (κ3) is 2.15. The fraction of sp³-hybridized carbons (Fsp3) is 0.955. The van der Waals surface area contributed by atoms with Gasteiger partial charge in [-0.2, -0.15) is 0 Å². The van der Waals surface area contributed by atoms with Gasteiger partial charge in [0, 0.05) is 11.8 Å². The van der Waals surface area contributed by atoms with Gasteiger partial charge in [-0.15, -0.1) is 0 Å². The van der Waals surface area contributed by atoms with Gasteiger partial charge >= 0.3 is 0 Å². The molecule has 0 aromatic heterocycles. The number of Topliss-reactive ketones (excluding diaryl/α,β-unsaturated/α-hetero) is 1. The third-order valence-electron chi connectivity index (χ3n) is 9.22. The quantitative estimate of drug-likeness (QED) is 0.714. The van der Waals surface area contributed by atoms with Gasteiger partial charge in [0.05, 0.1) is 18.3 Å². The van der Waals surface area contributed by atoms with E-state index in [2.05, 4.69) is 13.8 Å². The Morgan fingerprint density at radius 2 is 1.65 bits per heavy atom. The average molecular weight is 363 g/mol. The Labute approximate surface area is 157 Å². The molecule has 4 saturated carbocycles. The van der Waals surface area contributed by atoms with E-state index in [-0.39, 0.29) is 29.1 Å². The first-order valence-electron chi connectivity index (χ1n) is 10.7. The summed E-state index contributed by atoms with van der Waals surface area (Å²) in [6.07, 6.45) is 6.66. The van der Waals surface area contributed by atoms with Gasteiger partial charge in [-0.1, -0.05) is 13.8 Å². The van der Waals surface area contributed by atoms with E-state index in [9.17, 15) is 9.90 Å². The Balaban J connectivity index is 1.59. The lowest BCUT2D eigenvalue weighted by atomic mass is 9.44. The fourth-order valence-corrected chi connectivity index (χ4v) is 7.93. The molecule has 4 aliphatic carbocycles. The number of ketones is 1. The van der Waals surface area contributed by atoms with Gasteiger partial charge in [0.1, 0.15) is 5.78 Å². The van der Waals surface area contributed by atoms with Crippen LogP contribution in [0, 0.1) is 34.5 Å². The molecule has 1 saturated heterocycles. The van der Waals surface area contributed by atoms with Crippen LogP contribution >= 0.6 is 0 Å². The van der Waals surface area contributed by atoms with Gasteiger partial charge in [-0.3, -0.25) is 4.79 Å². The van der Waals surface area contributed by atoms with Crippen LogP contribution < -0.4 is 0 Å². The Morgan fingerprint density at radius 3 is 2.42 bits per heavy atom. The molecule has 2 unspecified atom stereocenters. The highest BCUT2D eigenvalue weighted by Crippen LogP contribution is 2.67. The van der Waals surface area contributed by atoms with Crippen molar-refractivity contribution >= 4 is 5.78 Å². The lowest BCUT2D eigenvalue weighted by Gasteiger charge is -2.62. The highest BCUT2D eigenvalue weighted by Gasteiger charge is 2.68. The smallest absolute Gasteiger partial charge is 0.163 e. The summed E-state index contributed by atoms with van der Waals surface area (Å²) in [6.45, 7) is 8.72. The van der Waals surface area contributed by atoms with Crippen molar-refractivity contribution in [2.45, 2.75) is 96.7 Å². The van der Waals surface area contributed by atoms with E-state index in [4.69, 9.17) is 9.47 Å². The zero-order valence-corrected chi connectivity index (χ0v) is 16.7. The van der Waals surface area contributed by atoms with Crippen molar-refractivity contribution < 1.29 is 19.4 Å². The second-order valence-corrected chi connectivity index (χ2v) is 10.8. The van der Waals surface area contributed by atoms with Gasteiger partial charge < -0.3 is 14.6 Å². The van der Waals surface area contributed by atoms with E-state index >= 15 is 0 Å². The molecule has 0 radical (unpaired) electrons. The molecule has 1 aliphatic heterocycles. The Hall–Kier alpha value is -0.450. The van der Waals surface area contributed by atoms with Crippen LogP contribution in [0.5, 0.6) is 0 Å². The number of fused-ring (bicyclic) bond motifs is 8. The molecule has 0 aromatic carbocycles. The maximum absolute atomic E-state index is 12.7. The van der Waals surface area contributed by atoms with Crippen molar-refractivity contribution in [3.63, 3.8) is 0 Å². The summed E-state index contributed by atoms with van der Waals surface area (Å²) in [4.78, 5) is 12.7. The Bertz CT molecular complexity index is 630. The summed E-state index contributed by atoms with van der Waals surface area (Å²) in [5, 5.41) is 10.4. The molecule has 26 heavy (non-hydrogen) atoms. The molecule has 1 N–H and O–H groups in total. The third-order valence-corrected chi connectivity index (χ3v) is 9.22. The van der Waals surface area contributed by atoms with Crippen LogP contribution in [-0.2, 0) is 14.3 Å². The fourth-order valence-electron chi connectivity index (χ4n) is 7.93. The van der Waals surface area contributed by atoms with E-state index in [1.165, 1.54) is 0 Å². The summed E-state index contributed by atoms with van der Waals surface area (Å²) in [5.74, 6) is 1.71. The summed E-state index contributed by atoms with van der Waals surface area (Å²) in [6, 6.07) is 0. The molecule has 146 valence electrons. The van der Waals surface area contributed by atoms with Gasteiger partial charge in [0.2, 0.25) is 0 Å². The van der Waals surface area contributed by atoms with Crippen LogP contribution in [-0.4, -0.2) is 35.0 Å². The molecule has 5 aliphatic rings. The zero-order chi connectivity index (χ0) is 18.5. The maximum Gasteiger partial charge on any atom is 0.163 e. The van der Waals surface area contributed by atoms with E-state index in [0.717, 1.165) is 44.9 Å². The second-order valence-electron chi connectivity index (χ2n) is 10.8. The molecule has 4 nitrogen and oxygen atoms in total. The maximum atomic E-state index is 12.7. The van der Waals surface area contributed by atoms with Crippen molar-refractivity contribution in [3.8, 4) is 0 Å². The van der Waals surface area contributed by atoms with Gasteiger partial charge in [0.25, 0.3) is 0 Å². The second kappa shape index (κ2) is 5.33. The van der Waals surface area contributed by atoms with Gasteiger partial charge in [0.15, 0.2) is 5.79 Å². The first-order valence-corrected chi connectivity index (χ1v) is 10.7. The highest BCUT2D eigenvalue weighted by atomic mass is 16.8. The van der Waals surface area contributed by atoms with Crippen LogP contribution in [0.1, 0.15) is 72.6 Å². The van der Waals surface area contributed by atoms with Crippen LogP contribution in [0.15, 0.2) is 0 Å². The van der Waals surface area contributed by atoms with Gasteiger partial charge in [-0.25, -0.2) is 0 Å². The SMILES string of the molecule is CC1(C)O[C@@H]2C3[C@H](CC[C@]4(C)C(=O)CC[C@@H]34)[C@@]3(C)CC[C@H](O)CC3[C@H]2O1. The minimum Gasteiger partial charge on any atom is -0.393 e. The molecule has 0 bridgehead atoms. The predicted molar refractivity (Wildman–Crippen MR) is 97.3 cm³/mol. The molecule has 5 rings (SSSR count). The molecule has 5 fully saturated rings. The monoisotopic (exact) mass is 362 g/mol. The molecule has 4 heteroatoms. The molecule has 0 amide bonds. The van der Waals surface area contributed by atoms with Crippen molar-refractivity contribution in [2.75, 3.05) is 0 Å². The topological polar surface area (TPSA) is 55.8 Å². The Kier molecular flexibility index (Phi) is 3.61. The highest BCUT2D eigenvalue weighted by molar-refractivity contribution is 5.87. The van der Waals surface area contributed by atoms with E-state index in [0.29, 0.717) is 29.5 Å². The minimum absolute atomic E-state index is 0.0595. The van der Waals surface area contributed by atoms with Crippen molar-refractivity contribution in [1.29, 1.82) is 0 Å².